The molecule has 0 bridgehead atoms. The summed E-state index contributed by atoms with van der Waals surface area (Å²) in [7, 11) is 0. The number of H-pyrrole nitrogens is 1. The van der Waals surface area contributed by atoms with Crippen LogP contribution in [-0.2, 0) is 12.0 Å². The van der Waals surface area contributed by atoms with Crippen LogP contribution in [0.4, 0.5) is 0 Å². The van der Waals surface area contributed by atoms with Crippen LogP contribution in [-0.4, -0.2) is 9.97 Å². The summed E-state index contributed by atoms with van der Waals surface area (Å²) in [4.78, 5) is 7.44. The van der Waals surface area contributed by atoms with Crippen LogP contribution in [0, 0.1) is 0 Å². The molecule has 0 saturated heterocycles. The van der Waals surface area contributed by atoms with Crippen LogP contribution < -0.4 is 5.73 Å². The van der Waals surface area contributed by atoms with Gasteiger partial charge in [-0.2, -0.15) is 0 Å². The van der Waals surface area contributed by atoms with E-state index in [2.05, 4.69) is 16.9 Å². The molecule has 0 aliphatic heterocycles. The number of hydrogen-bond donors (Lipinski definition) is 2. The lowest BCUT2D eigenvalue weighted by atomic mass is 10.1. The van der Waals surface area contributed by atoms with E-state index in [0.717, 1.165) is 18.7 Å². The maximum absolute atomic E-state index is 5.87. The molecule has 1 rings (SSSR count). The Kier molecular flexibility index (Phi) is 2.52. The zero-order chi connectivity index (χ0) is 9.19. The summed E-state index contributed by atoms with van der Waals surface area (Å²) >= 11 is 0. The van der Waals surface area contributed by atoms with E-state index in [9.17, 15) is 0 Å². The summed E-state index contributed by atoms with van der Waals surface area (Å²) in [5, 5.41) is 0. The van der Waals surface area contributed by atoms with Crippen molar-refractivity contribution < 1.29 is 0 Å². The topological polar surface area (TPSA) is 54.7 Å². The second kappa shape index (κ2) is 3.27. The van der Waals surface area contributed by atoms with Crippen molar-refractivity contribution in [2.24, 2.45) is 5.73 Å². The predicted molar refractivity (Wildman–Crippen MR) is 49.8 cm³/mol. The lowest BCUT2D eigenvalue weighted by molar-refractivity contribution is 0.519. The Balaban J connectivity index is 2.77. The van der Waals surface area contributed by atoms with E-state index in [4.69, 9.17) is 5.73 Å². The van der Waals surface area contributed by atoms with Crippen molar-refractivity contribution in [1.82, 2.24) is 9.97 Å². The first kappa shape index (κ1) is 9.26. The fourth-order valence-corrected chi connectivity index (χ4v) is 1.08. The summed E-state index contributed by atoms with van der Waals surface area (Å²) in [6, 6.07) is 0. The standard InChI is InChI=1S/C9H17N3/c1-4-5-7-6-11-8(12-7)9(2,3)10/h6H,4-5,10H2,1-3H3,(H,11,12). The van der Waals surface area contributed by atoms with E-state index >= 15 is 0 Å². The largest absolute Gasteiger partial charge is 0.344 e. The van der Waals surface area contributed by atoms with Crippen molar-refractivity contribution in [2.45, 2.75) is 39.2 Å². The molecule has 68 valence electrons. The first-order valence-corrected chi connectivity index (χ1v) is 4.37. The number of nitrogens with one attached hydrogen (secondary N) is 1. The van der Waals surface area contributed by atoms with Crippen LogP contribution in [0.2, 0.25) is 0 Å². The van der Waals surface area contributed by atoms with Crippen molar-refractivity contribution in [3.05, 3.63) is 17.7 Å². The van der Waals surface area contributed by atoms with Crippen molar-refractivity contribution in [1.29, 1.82) is 0 Å². The first-order chi connectivity index (χ1) is 5.54. The Morgan fingerprint density at radius 1 is 1.58 bits per heavy atom. The molecule has 0 amide bonds. The average molecular weight is 167 g/mol. The summed E-state index contributed by atoms with van der Waals surface area (Å²) in [6.45, 7) is 6.04. The summed E-state index contributed by atoms with van der Waals surface area (Å²) in [5.74, 6) is 0.867. The van der Waals surface area contributed by atoms with E-state index in [1.807, 2.05) is 20.0 Å². The van der Waals surface area contributed by atoms with Crippen LogP contribution in [0.25, 0.3) is 0 Å². The van der Waals surface area contributed by atoms with Gasteiger partial charge >= 0.3 is 0 Å². The fourth-order valence-electron chi connectivity index (χ4n) is 1.08. The maximum atomic E-state index is 5.87. The second-order valence-corrected chi connectivity index (χ2v) is 3.73. The third kappa shape index (κ3) is 2.08. The van der Waals surface area contributed by atoms with Gasteiger partial charge in [0.25, 0.3) is 0 Å². The predicted octanol–water partition coefficient (Wildman–Crippen LogP) is 1.56. The molecule has 0 aliphatic rings. The van der Waals surface area contributed by atoms with Crippen molar-refractivity contribution in [2.75, 3.05) is 0 Å². The Morgan fingerprint density at radius 3 is 2.67 bits per heavy atom. The smallest absolute Gasteiger partial charge is 0.125 e. The zero-order valence-electron chi connectivity index (χ0n) is 8.02. The highest BCUT2D eigenvalue weighted by Crippen LogP contribution is 2.12. The van der Waals surface area contributed by atoms with Crippen molar-refractivity contribution >= 4 is 0 Å². The monoisotopic (exact) mass is 167 g/mol. The Labute approximate surface area is 73.4 Å². The van der Waals surface area contributed by atoms with Gasteiger partial charge in [-0.15, -0.1) is 0 Å². The van der Waals surface area contributed by atoms with Crippen LogP contribution in [0.1, 0.15) is 38.7 Å². The molecule has 0 atom stereocenters. The molecule has 12 heavy (non-hydrogen) atoms. The molecule has 1 aromatic heterocycles. The third-order valence-corrected chi connectivity index (χ3v) is 1.76. The minimum atomic E-state index is -0.355. The molecule has 0 spiro atoms. The number of aromatic nitrogens is 2. The van der Waals surface area contributed by atoms with Crippen molar-refractivity contribution in [3.8, 4) is 0 Å². The van der Waals surface area contributed by atoms with Crippen molar-refractivity contribution in [3.63, 3.8) is 0 Å². The Hall–Kier alpha value is -0.830. The normalized spacial score (nSPS) is 12.0. The molecule has 3 nitrogen and oxygen atoms in total. The van der Waals surface area contributed by atoms with E-state index in [1.54, 1.807) is 0 Å². The highest BCUT2D eigenvalue weighted by molar-refractivity contribution is 5.07. The van der Waals surface area contributed by atoms with E-state index < -0.39 is 0 Å². The van der Waals surface area contributed by atoms with Gasteiger partial charge in [0.1, 0.15) is 5.82 Å². The van der Waals surface area contributed by atoms with E-state index in [-0.39, 0.29) is 5.54 Å². The van der Waals surface area contributed by atoms with Crippen LogP contribution in [0.3, 0.4) is 0 Å². The maximum Gasteiger partial charge on any atom is 0.125 e. The summed E-state index contributed by atoms with van der Waals surface area (Å²) in [6.07, 6.45) is 4.04. The molecule has 3 N–H and O–H groups in total. The summed E-state index contributed by atoms with van der Waals surface area (Å²) in [5.41, 5.74) is 6.69. The van der Waals surface area contributed by atoms with Gasteiger partial charge in [-0.3, -0.25) is 0 Å². The number of aryl methyl sites for hydroxylation is 1. The van der Waals surface area contributed by atoms with Gasteiger partial charge in [0.15, 0.2) is 0 Å². The lowest BCUT2D eigenvalue weighted by Gasteiger charge is -2.14. The molecule has 1 heterocycles. The molecule has 0 aliphatic carbocycles. The molecule has 0 aromatic carbocycles. The lowest BCUT2D eigenvalue weighted by Crippen LogP contribution is -2.30. The van der Waals surface area contributed by atoms with Gasteiger partial charge in [0.05, 0.1) is 5.54 Å². The molecule has 0 fully saturated rings. The molecular formula is C9H17N3. The molecule has 3 heteroatoms. The second-order valence-electron chi connectivity index (χ2n) is 3.73. The third-order valence-electron chi connectivity index (χ3n) is 1.76. The zero-order valence-corrected chi connectivity index (χ0v) is 8.02. The Morgan fingerprint density at radius 2 is 2.25 bits per heavy atom. The molecule has 1 aromatic rings. The highest BCUT2D eigenvalue weighted by Gasteiger charge is 2.17. The number of aromatic amines is 1. The number of hydrogen-bond acceptors (Lipinski definition) is 2. The molecule has 0 radical (unpaired) electrons. The fraction of sp³-hybridized carbons (Fsp3) is 0.667. The molecule has 0 unspecified atom stereocenters. The van der Waals surface area contributed by atoms with Gasteiger partial charge in [0, 0.05) is 11.9 Å². The highest BCUT2D eigenvalue weighted by atomic mass is 15.0. The van der Waals surface area contributed by atoms with Crippen LogP contribution in [0.5, 0.6) is 0 Å². The number of imidazole rings is 1. The van der Waals surface area contributed by atoms with Crippen LogP contribution in [0.15, 0.2) is 6.20 Å². The van der Waals surface area contributed by atoms with E-state index in [0.29, 0.717) is 0 Å². The van der Waals surface area contributed by atoms with Gasteiger partial charge in [0.2, 0.25) is 0 Å². The minimum Gasteiger partial charge on any atom is -0.344 e. The van der Waals surface area contributed by atoms with Gasteiger partial charge in [-0.1, -0.05) is 13.3 Å². The number of rotatable bonds is 3. The van der Waals surface area contributed by atoms with Crippen LogP contribution >= 0.6 is 0 Å². The number of nitrogens with zero attached hydrogens (tertiary/aromatic N) is 1. The molecule has 0 saturated carbocycles. The molecular weight excluding hydrogens is 150 g/mol. The van der Waals surface area contributed by atoms with Gasteiger partial charge in [-0.05, 0) is 20.3 Å². The average Bonchev–Trinajstić information content (AvgIpc) is 2.35. The SMILES string of the molecule is CCCc1cnc(C(C)(C)N)[nH]1. The quantitative estimate of drug-likeness (QED) is 0.717. The first-order valence-electron chi connectivity index (χ1n) is 4.37. The summed E-state index contributed by atoms with van der Waals surface area (Å²) < 4.78 is 0. The van der Waals surface area contributed by atoms with E-state index in [1.165, 1.54) is 5.69 Å². The minimum absolute atomic E-state index is 0.355. The van der Waals surface area contributed by atoms with Gasteiger partial charge < -0.3 is 10.7 Å². The Bertz CT molecular complexity index is 245. The number of nitrogens with two attached hydrogens (primary N) is 1. The van der Waals surface area contributed by atoms with Gasteiger partial charge in [-0.25, -0.2) is 4.98 Å².